The van der Waals surface area contributed by atoms with Crippen molar-refractivity contribution in [2.75, 3.05) is 13.6 Å². The summed E-state index contributed by atoms with van der Waals surface area (Å²) in [5.41, 5.74) is 4.70. The van der Waals surface area contributed by atoms with Crippen LogP contribution in [0.25, 0.3) is 0 Å². The minimum absolute atomic E-state index is 0.264. The van der Waals surface area contributed by atoms with Crippen molar-refractivity contribution < 1.29 is 27.9 Å². The summed E-state index contributed by atoms with van der Waals surface area (Å²) in [7, 11) is 1.67. The van der Waals surface area contributed by atoms with Crippen molar-refractivity contribution in [1.29, 1.82) is 0 Å². The number of amides is 1. The molecule has 8 heteroatoms. The highest BCUT2D eigenvalue weighted by Crippen LogP contribution is 2.13. The standard InChI is InChI=1S/C3H8N2O.C2HF3O2/c1-5-2-3(4)6;3-2(4,5)1(6)7/h5H,2H2,1H3,(H2,4,6);(H,6,7). The number of carbonyl (C=O) groups excluding carboxylic acids is 1. The number of hydrogen-bond acceptors (Lipinski definition) is 3. The first-order chi connectivity index (χ1) is 5.71. The fourth-order valence-corrected chi connectivity index (χ4v) is 0.174. The van der Waals surface area contributed by atoms with E-state index in [-0.39, 0.29) is 12.5 Å². The highest BCUT2D eigenvalue weighted by atomic mass is 19.4. The van der Waals surface area contributed by atoms with Gasteiger partial charge in [0.15, 0.2) is 0 Å². The van der Waals surface area contributed by atoms with E-state index in [1.54, 1.807) is 7.05 Å². The van der Waals surface area contributed by atoms with E-state index < -0.39 is 12.1 Å². The Balaban J connectivity index is 0. The number of likely N-dealkylation sites (N-methyl/N-ethyl adjacent to an activating group) is 1. The zero-order chi connectivity index (χ0) is 11.1. The second-order valence-electron chi connectivity index (χ2n) is 1.80. The summed E-state index contributed by atoms with van der Waals surface area (Å²) < 4.78 is 31.7. The number of aliphatic carboxylic acids is 1. The van der Waals surface area contributed by atoms with Crippen LogP contribution >= 0.6 is 0 Å². The Hall–Kier alpha value is -1.31. The van der Waals surface area contributed by atoms with Crippen molar-refractivity contribution in [3.63, 3.8) is 0 Å². The SMILES string of the molecule is CNCC(N)=O.O=C(O)C(F)(F)F. The van der Waals surface area contributed by atoms with Gasteiger partial charge in [-0.3, -0.25) is 4.79 Å². The number of rotatable bonds is 2. The van der Waals surface area contributed by atoms with Gasteiger partial charge in [-0.05, 0) is 7.05 Å². The summed E-state index contributed by atoms with van der Waals surface area (Å²) in [6, 6.07) is 0. The van der Waals surface area contributed by atoms with Crippen LogP contribution in [0, 0.1) is 0 Å². The van der Waals surface area contributed by atoms with Gasteiger partial charge in [0.05, 0.1) is 6.54 Å². The lowest BCUT2D eigenvalue weighted by molar-refractivity contribution is -0.192. The zero-order valence-electron chi connectivity index (χ0n) is 6.68. The van der Waals surface area contributed by atoms with Crippen molar-refractivity contribution >= 4 is 11.9 Å². The van der Waals surface area contributed by atoms with Gasteiger partial charge in [-0.2, -0.15) is 13.2 Å². The number of nitrogens with one attached hydrogen (secondary N) is 1. The molecule has 5 nitrogen and oxygen atoms in total. The molecule has 0 unspecified atom stereocenters. The van der Waals surface area contributed by atoms with Gasteiger partial charge in [0.25, 0.3) is 0 Å². The van der Waals surface area contributed by atoms with E-state index in [0.29, 0.717) is 0 Å². The molecule has 0 aliphatic carbocycles. The number of carboxylic acid groups (broad SMARTS) is 1. The van der Waals surface area contributed by atoms with Crippen LogP contribution in [-0.2, 0) is 9.59 Å². The van der Waals surface area contributed by atoms with Crippen LogP contribution < -0.4 is 11.1 Å². The molecule has 0 spiro atoms. The average molecular weight is 202 g/mol. The van der Waals surface area contributed by atoms with Gasteiger partial charge in [-0.15, -0.1) is 0 Å². The number of alkyl halides is 3. The third-order valence-electron chi connectivity index (χ3n) is 0.594. The molecule has 0 bridgehead atoms. The Morgan fingerprint density at radius 3 is 1.77 bits per heavy atom. The fourth-order valence-electron chi connectivity index (χ4n) is 0.174. The molecular formula is C5H9F3N2O3. The number of primary amides is 1. The van der Waals surface area contributed by atoms with Gasteiger partial charge in [0, 0.05) is 0 Å². The highest BCUT2D eigenvalue weighted by Gasteiger charge is 2.38. The maximum atomic E-state index is 10.6. The largest absolute Gasteiger partial charge is 0.490 e. The predicted molar refractivity (Wildman–Crippen MR) is 36.8 cm³/mol. The van der Waals surface area contributed by atoms with Gasteiger partial charge in [-0.1, -0.05) is 0 Å². The smallest absolute Gasteiger partial charge is 0.475 e. The van der Waals surface area contributed by atoms with E-state index in [0.717, 1.165) is 0 Å². The molecule has 1 amide bonds. The lowest BCUT2D eigenvalue weighted by atomic mass is 10.6. The monoisotopic (exact) mass is 202 g/mol. The summed E-state index contributed by atoms with van der Waals surface area (Å²) >= 11 is 0. The van der Waals surface area contributed by atoms with Crippen LogP contribution in [0.15, 0.2) is 0 Å². The van der Waals surface area contributed by atoms with Gasteiger partial charge in [0.1, 0.15) is 0 Å². The van der Waals surface area contributed by atoms with Crippen molar-refractivity contribution in [1.82, 2.24) is 5.32 Å². The van der Waals surface area contributed by atoms with E-state index in [2.05, 4.69) is 5.32 Å². The molecule has 0 rings (SSSR count). The zero-order valence-corrected chi connectivity index (χ0v) is 6.68. The number of nitrogens with two attached hydrogens (primary N) is 1. The Kier molecular flexibility index (Phi) is 6.82. The number of carbonyl (C=O) groups is 2. The average Bonchev–Trinajstić information content (AvgIpc) is 1.85. The summed E-state index contributed by atoms with van der Waals surface area (Å²) in [4.78, 5) is 18.7. The number of carboxylic acids is 1. The molecule has 0 atom stereocenters. The Bertz CT molecular complexity index is 180. The first kappa shape index (κ1) is 14.2. The molecular weight excluding hydrogens is 193 g/mol. The van der Waals surface area contributed by atoms with Crippen molar-refractivity contribution in [2.24, 2.45) is 5.73 Å². The van der Waals surface area contributed by atoms with E-state index in [1.807, 2.05) is 0 Å². The molecule has 4 N–H and O–H groups in total. The molecule has 0 saturated heterocycles. The van der Waals surface area contributed by atoms with E-state index in [9.17, 15) is 18.0 Å². The van der Waals surface area contributed by atoms with Gasteiger partial charge in [0.2, 0.25) is 5.91 Å². The lowest BCUT2D eigenvalue weighted by Crippen LogP contribution is -2.25. The molecule has 0 aliphatic heterocycles. The second-order valence-corrected chi connectivity index (χ2v) is 1.80. The maximum absolute atomic E-state index is 10.6. The van der Waals surface area contributed by atoms with Crippen molar-refractivity contribution in [3.05, 3.63) is 0 Å². The Labute approximate surface area is 71.7 Å². The summed E-state index contributed by atoms with van der Waals surface area (Å²) in [6.45, 7) is 0.264. The van der Waals surface area contributed by atoms with Crippen LogP contribution in [0.4, 0.5) is 13.2 Å². The molecule has 0 heterocycles. The van der Waals surface area contributed by atoms with E-state index in [1.165, 1.54) is 0 Å². The summed E-state index contributed by atoms with van der Waals surface area (Å²) in [6.07, 6.45) is -5.08. The second kappa shape index (κ2) is 6.23. The number of halogens is 3. The molecule has 0 fully saturated rings. The summed E-state index contributed by atoms with van der Waals surface area (Å²) in [5, 5.41) is 9.72. The molecule has 0 aromatic heterocycles. The highest BCUT2D eigenvalue weighted by molar-refractivity contribution is 5.75. The first-order valence-electron chi connectivity index (χ1n) is 2.94. The lowest BCUT2D eigenvalue weighted by Gasteiger charge is -1.93. The fraction of sp³-hybridized carbons (Fsp3) is 0.600. The Morgan fingerprint density at radius 2 is 1.77 bits per heavy atom. The summed E-state index contributed by atoms with van der Waals surface area (Å²) in [5.74, 6) is -3.08. The van der Waals surface area contributed by atoms with Crippen LogP contribution in [0.2, 0.25) is 0 Å². The quantitative estimate of drug-likeness (QED) is 0.553. The van der Waals surface area contributed by atoms with Crippen molar-refractivity contribution in [2.45, 2.75) is 6.18 Å². The van der Waals surface area contributed by atoms with Crippen LogP contribution in [0.1, 0.15) is 0 Å². The molecule has 0 aromatic carbocycles. The molecule has 0 radical (unpaired) electrons. The topological polar surface area (TPSA) is 92.4 Å². The molecule has 78 valence electrons. The van der Waals surface area contributed by atoms with Crippen LogP contribution in [-0.4, -0.2) is 36.8 Å². The molecule has 0 aliphatic rings. The Morgan fingerprint density at radius 1 is 1.46 bits per heavy atom. The van der Waals surface area contributed by atoms with E-state index in [4.69, 9.17) is 15.6 Å². The predicted octanol–water partition coefficient (Wildman–Crippen LogP) is -0.676. The van der Waals surface area contributed by atoms with Gasteiger partial charge in [-0.25, -0.2) is 4.79 Å². The third kappa shape index (κ3) is 13.7. The van der Waals surface area contributed by atoms with E-state index >= 15 is 0 Å². The maximum Gasteiger partial charge on any atom is 0.490 e. The normalized spacial score (nSPS) is 9.85. The minimum atomic E-state index is -5.08. The van der Waals surface area contributed by atoms with Crippen LogP contribution in [0.3, 0.4) is 0 Å². The minimum Gasteiger partial charge on any atom is -0.475 e. The van der Waals surface area contributed by atoms with Gasteiger partial charge >= 0.3 is 12.1 Å². The molecule has 0 saturated carbocycles. The van der Waals surface area contributed by atoms with Gasteiger partial charge < -0.3 is 16.2 Å². The van der Waals surface area contributed by atoms with Crippen LogP contribution in [0.5, 0.6) is 0 Å². The number of hydrogen-bond donors (Lipinski definition) is 3. The third-order valence-corrected chi connectivity index (χ3v) is 0.594. The first-order valence-corrected chi connectivity index (χ1v) is 2.94. The molecule has 13 heavy (non-hydrogen) atoms. The van der Waals surface area contributed by atoms with Crippen molar-refractivity contribution in [3.8, 4) is 0 Å². The molecule has 0 aromatic rings.